The first-order valence-electron chi connectivity index (χ1n) is 8.73. The molecule has 2 heterocycles. The first-order chi connectivity index (χ1) is 11.8. The molecule has 0 bridgehead atoms. The highest BCUT2D eigenvalue weighted by molar-refractivity contribution is 5.75. The van der Waals surface area contributed by atoms with E-state index in [9.17, 15) is 4.79 Å². The van der Waals surface area contributed by atoms with Crippen molar-refractivity contribution in [2.75, 3.05) is 31.6 Å². The molecule has 6 heteroatoms. The Balaban J connectivity index is 1.59. The maximum Gasteiger partial charge on any atom is 0.410 e. The molecule has 1 amide bonds. The van der Waals surface area contributed by atoms with Crippen LogP contribution in [0.25, 0.3) is 11.0 Å². The van der Waals surface area contributed by atoms with Crippen LogP contribution in [0, 0.1) is 5.92 Å². The van der Waals surface area contributed by atoms with Gasteiger partial charge in [-0.3, -0.25) is 4.98 Å². The Morgan fingerprint density at radius 2 is 2.04 bits per heavy atom. The zero-order valence-corrected chi connectivity index (χ0v) is 15.4. The molecule has 6 nitrogen and oxygen atoms in total. The van der Waals surface area contributed by atoms with Gasteiger partial charge in [-0.2, -0.15) is 0 Å². The van der Waals surface area contributed by atoms with Gasteiger partial charge in [0.1, 0.15) is 11.4 Å². The van der Waals surface area contributed by atoms with Crippen molar-refractivity contribution >= 4 is 22.9 Å². The molecule has 1 aromatic heterocycles. The van der Waals surface area contributed by atoms with E-state index in [0.717, 1.165) is 42.9 Å². The molecule has 1 aliphatic rings. The van der Waals surface area contributed by atoms with Crippen LogP contribution in [0.1, 0.15) is 27.2 Å². The summed E-state index contributed by atoms with van der Waals surface area (Å²) >= 11 is 0. The molecule has 1 atom stereocenters. The standard InChI is InChI=1S/C19H26N4O2/c1-19(2,3)25-18(24)23-10-9-14(13-23)12-22(4)17-11-20-15-7-5-6-8-16(15)21-17/h5-8,11,14H,9-10,12-13H2,1-4H3/t14-/m0/s1. The third-order valence-corrected chi connectivity index (χ3v) is 4.30. The predicted molar refractivity (Wildman–Crippen MR) is 98.7 cm³/mol. The molecule has 1 aliphatic heterocycles. The van der Waals surface area contributed by atoms with Crippen LogP contribution in [-0.4, -0.2) is 53.2 Å². The molecule has 134 valence electrons. The number of carbonyl (C=O) groups excluding carboxylic acids is 1. The predicted octanol–water partition coefficient (Wildman–Crippen LogP) is 3.32. The quantitative estimate of drug-likeness (QED) is 0.856. The number of benzene rings is 1. The van der Waals surface area contributed by atoms with E-state index in [1.54, 1.807) is 4.90 Å². The van der Waals surface area contributed by atoms with Gasteiger partial charge in [0, 0.05) is 26.7 Å². The van der Waals surface area contributed by atoms with E-state index >= 15 is 0 Å². The number of anilines is 1. The van der Waals surface area contributed by atoms with Crippen molar-refractivity contribution in [3.63, 3.8) is 0 Å². The third-order valence-electron chi connectivity index (χ3n) is 4.30. The number of fused-ring (bicyclic) bond motifs is 1. The Morgan fingerprint density at radius 1 is 1.32 bits per heavy atom. The second-order valence-electron chi connectivity index (χ2n) is 7.68. The van der Waals surface area contributed by atoms with E-state index in [0.29, 0.717) is 5.92 Å². The summed E-state index contributed by atoms with van der Waals surface area (Å²) in [6.45, 7) is 7.99. The zero-order valence-electron chi connectivity index (χ0n) is 15.4. The number of aromatic nitrogens is 2. The maximum absolute atomic E-state index is 12.2. The summed E-state index contributed by atoms with van der Waals surface area (Å²) in [4.78, 5) is 25.2. The highest BCUT2D eigenvalue weighted by Crippen LogP contribution is 2.22. The molecule has 1 fully saturated rings. The van der Waals surface area contributed by atoms with E-state index in [4.69, 9.17) is 4.74 Å². The van der Waals surface area contributed by atoms with Crippen LogP contribution in [0.5, 0.6) is 0 Å². The zero-order chi connectivity index (χ0) is 18.0. The molecule has 0 N–H and O–H groups in total. The average molecular weight is 342 g/mol. The molecule has 0 aliphatic carbocycles. The van der Waals surface area contributed by atoms with Gasteiger partial charge >= 0.3 is 6.09 Å². The minimum absolute atomic E-state index is 0.219. The van der Waals surface area contributed by atoms with Gasteiger partial charge in [0.15, 0.2) is 0 Å². The first-order valence-corrected chi connectivity index (χ1v) is 8.73. The lowest BCUT2D eigenvalue weighted by atomic mass is 10.1. The molecule has 2 aromatic rings. The van der Waals surface area contributed by atoms with Gasteiger partial charge in [-0.1, -0.05) is 12.1 Å². The van der Waals surface area contributed by atoms with Gasteiger partial charge in [0.25, 0.3) is 0 Å². The van der Waals surface area contributed by atoms with Crippen LogP contribution in [-0.2, 0) is 4.74 Å². The van der Waals surface area contributed by atoms with Crippen LogP contribution >= 0.6 is 0 Å². The average Bonchev–Trinajstić information content (AvgIpc) is 3.01. The molecule has 3 rings (SSSR count). The topological polar surface area (TPSA) is 58.6 Å². The van der Waals surface area contributed by atoms with Crippen molar-refractivity contribution < 1.29 is 9.53 Å². The number of nitrogens with zero attached hydrogens (tertiary/aromatic N) is 4. The Morgan fingerprint density at radius 3 is 2.76 bits per heavy atom. The summed E-state index contributed by atoms with van der Waals surface area (Å²) in [5, 5.41) is 0. The fourth-order valence-corrected chi connectivity index (χ4v) is 3.09. The molecule has 25 heavy (non-hydrogen) atoms. The van der Waals surface area contributed by atoms with Gasteiger partial charge in [-0.25, -0.2) is 9.78 Å². The molecule has 0 unspecified atom stereocenters. The largest absolute Gasteiger partial charge is 0.444 e. The number of hydrogen-bond donors (Lipinski definition) is 0. The van der Waals surface area contributed by atoms with Crippen molar-refractivity contribution in [2.24, 2.45) is 5.92 Å². The van der Waals surface area contributed by atoms with E-state index in [1.165, 1.54) is 0 Å². The number of likely N-dealkylation sites (tertiary alicyclic amines) is 1. The van der Waals surface area contributed by atoms with Crippen LogP contribution in [0.4, 0.5) is 10.6 Å². The smallest absolute Gasteiger partial charge is 0.410 e. The normalized spacial score (nSPS) is 17.8. The molecule has 1 aromatic carbocycles. The van der Waals surface area contributed by atoms with Crippen LogP contribution in [0.2, 0.25) is 0 Å². The fourth-order valence-electron chi connectivity index (χ4n) is 3.09. The van der Waals surface area contributed by atoms with Crippen molar-refractivity contribution in [2.45, 2.75) is 32.8 Å². The van der Waals surface area contributed by atoms with Gasteiger partial charge in [0.2, 0.25) is 0 Å². The second kappa shape index (κ2) is 6.86. The van der Waals surface area contributed by atoms with Crippen LogP contribution in [0.3, 0.4) is 0 Å². The van der Waals surface area contributed by atoms with Gasteiger partial charge in [0.05, 0.1) is 17.2 Å². The first kappa shape index (κ1) is 17.5. The number of hydrogen-bond acceptors (Lipinski definition) is 5. The number of carbonyl (C=O) groups is 1. The monoisotopic (exact) mass is 342 g/mol. The summed E-state index contributed by atoms with van der Waals surface area (Å²) in [5.41, 5.74) is 1.34. The summed E-state index contributed by atoms with van der Waals surface area (Å²) < 4.78 is 5.46. The lowest BCUT2D eigenvalue weighted by Gasteiger charge is -2.25. The van der Waals surface area contributed by atoms with Crippen molar-refractivity contribution in [3.05, 3.63) is 30.5 Å². The highest BCUT2D eigenvalue weighted by Gasteiger charge is 2.30. The van der Waals surface area contributed by atoms with Crippen molar-refractivity contribution in [1.82, 2.24) is 14.9 Å². The lowest BCUT2D eigenvalue weighted by Crippen LogP contribution is -2.36. The Labute approximate surface area is 148 Å². The number of rotatable bonds is 3. The Hall–Kier alpha value is -2.37. The van der Waals surface area contributed by atoms with Crippen molar-refractivity contribution in [3.8, 4) is 0 Å². The summed E-state index contributed by atoms with van der Waals surface area (Å²) in [7, 11) is 2.02. The van der Waals surface area contributed by atoms with Crippen LogP contribution < -0.4 is 4.90 Å². The fraction of sp³-hybridized carbons (Fsp3) is 0.526. The van der Waals surface area contributed by atoms with E-state index in [1.807, 2.05) is 58.3 Å². The Kier molecular flexibility index (Phi) is 4.79. The molecule has 0 saturated carbocycles. The number of para-hydroxylation sites is 2. The minimum atomic E-state index is -0.452. The maximum atomic E-state index is 12.2. The van der Waals surface area contributed by atoms with E-state index in [2.05, 4.69) is 14.9 Å². The van der Waals surface area contributed by atoms with Gasteiger partial charge in [-0.05, 0) is 45.2 Å². The van der Waals surface area contributed by atoms with Crippen LogP contribution in [0.15, 0.2) is 30.5 Å². The van der Waals surface area contributed by atoms with E-state index < -0.39 is 5.60 Å². The molecular formula is C19H26N4O2. The highest BCUT2D eigenvalue weighted by atomic mass is 16.6. The minimum Gasteiger partial charge on any atom is -0.444 e. The molecule has 0 radical (unpaired) electrons. The van der Waals surface area contributed by atoms with Gasteiger partial charge in [-0.15, -0.1) is 0 Å². The van der Waals surface area contributed by atoms with Crippen molar-refractivity contribution in [1.29, 1.82) is 0 Å². The molecule has 0 spiro atoms. The molecule has 1 saturated heterocycles. The lowest BCUT2D eigenvalue weighted by molar-refractivity contribution is 0.0288. The second-order valence-corrected chi connectivity index (χ2v) is 7.68. The summed E-state index contributed by atoms with van der Waals surface area (Å²) in [6.07, 6.45) is 2.57. The third kappa shape index (κ3) is 4.38. The number of ether oxygens (including phenoxy) is 1. The molecular weight excluding hydrogens is 316 g/mol. The van der Waals surface area contributed by atoms with Gasteiger partial charge < -0.3 is 14.5 Å². The number of amides is 1. The SMILES string of the molecule is CN(C[C@@H]1CCN(C(=O)OC(C)(C)C)C1)c1cnc2ccccc2n1. The van der Waals surface area contributed by atoms with E-state index in [-0.39, 0.29) is 6.09 Å². The Bertz CT molecular complexity index is 756. The summed E-state index contributed by atoms with van der Waals surface area (Å²) in [5.74, 6) is 1.26. The summed E-state index contributed by atoms with van der Waals surface area (Å²) in [6, 6.07) is 7.86.